The van der Waals surface area contributed by atoms with Gasteiger partial charge >= 0.3 is 0 Å². The van der Waals surface area contributed by atoms with E-state index < -0.39 is 9.84 Å². The van der Waals surface area contributed by atoms with Gasteiger partial charge in [0.05, 0.1) is 16.3 Å². The minimum absolute atomic E-state index is 0.154. The molecular formula is C16H27NO2S2. The van der Waals surface area contributed by atoms with E-state index in [-0.39, 0.29) is 10.5 Å². The van der Waals surface area contributed by atoms with Crippen LogP contribution < -0.4 is 5.32 Å². The van der Waals surface area contributed by atoms with Crippen LogP contribution >= 0.6 is 11.8 Å². The Bertz CT molecular complexity index is 529. The van der Waals surface area contributed by atoms with Gasteiger partial charge in [-0.15, -0.1) is 0 Å². The zero-order valence-corrected chi connectivity index (χ0v) is 15.1. The number of nitrogens with one attached hydrogen (secondary N) is 1. The van der Waals surface area contributed by atoms with Gasteiger partial charge in [0.25, 0.3) is 0 Å². The zero-order valence-electron chi connectivity index (χ0n) is 13.5. The van der Waals surface area contributed by atoms with Crippen molar-refractivity contribution in [1.29, 1.82) is 0 Å². The van der Waals surface area contributed by atoms with Crippen LogP contribution in [-0.4, -0.2) is 31.7 Å². The molecule has 120 valence electrons. The molecule has 0 spiro atoms. The van der Waals surface area contributed by atoms with E-state index in [2.05, 4.69) is 25.4 Å². The first kappa shape index (κ1) is 18.4. The number of thioether (sulfide) groups is 1. The minimum atomic E-state index is -3.20. The van der Waals surface area contributed by atoms with E-state index in [1.54, 1.807) is 12.1 Å². The Hall–Kier alpha value is -0.680. The van der Waals surface area contributed by atoms with Crippen LogP contribution in [0.3, 0.4) is 0 Å². The molecule has 5 heteroatoms. The first-order valence-electron chi connectivity index (χ1n) is 7.55. The molecule has 0 aliphatic heterocycles. The van der Waals surface area contributed by atoms with Gasteiger partial charge < -0.3 is 5.32 Å². The Morgan fingerprint density at radius 3 is 2.29 bits per heavy atom. The molecular weight excluding hydrogens is 302 g/mol. The quantitative estimate of drug-likeness (QED) is 0.737. The second kappa shape index (κ2) is 8.08. The molecule has 0 aliphatic rings. The van der Waals surface area contributed by atoms with Crippen molar-refractivity contribution in [2.45, 2.75) is 49.7 Å². The normalized spacial score (nSPS) is 12.4. The maximum absolute atomic E-state index is 12.3. The van der Waals surface area contributed by atoms with Crippen molar-refractivity contribution in [2.75, 3.05) is 23.9 Å². The highest BCUT2D eigenvalue weighted by atomic mass is 32.2. The summed E-state index contributed by atoms with van der Waals surface area (Å²) in [5, 5.41) is 3.37. The van der Waals surface area contributed by atoms with E-state index in [1.165, 1.54) is 0 Å². The predicted molar refractivity (Wildman–Crippen MR) is 94.1 cm³/mol. The van der Waals surface area contributed by atoms with Gasteiger partial charge in [-0.1, -0.05) is 32.9 Å². The number of hydrogen-bond acceptors (Lipinski definition) is 4. The highest BCUT2D eigenvalue weighted by Gasteiger charge is 2.25. The van der Waals surface area contributed by atoms with Crippen molar-refractivity contribution in [3.8, 4) is 0 Å². The molecule has 0 bridgehead atoms. The molecule has 0 fully saturated rings. The third kappa shape index (κ3) is 4.65. The monoisotopic (exact) mass is 329 g/mol. The van der Waals surface area contributed by atoms with Crippen molar-refractivity contribution in [2.24, 2.45) is 0 Å². The van der Waals surface area contributed by atoms with Gasteiger partial charge in [-0.05, 0) is 37.7 Å². The van der Waals surface area contributed by atoms with Crippen LogP contribution in [0, 0.1) is 0 Å². The van der Waals surface area contributed by atoms with Gasteiger partial charge in [0.2, 0.25) is 0 Å². The minimum Gasteiger partial charge on any atom is -0.383 e. The second-order valence-electron chi connectivity index (χ2n) is 5.26. The summed E-state index contributed by atoms with van der Waals surface area (Å²) in [5.74, 6) is 0.195. The molecule has 0 unspecified atom stereocenters. The number of anilines is 1. The molecule has 21 heavy (non-hydrogen) atoms. The molecule has 0 saturated carbocycles. The Balaban J connectivity index is 3.00. The number of rotatable bonds is 9. The molecule has 0 aromatic heterocycles. The molecule has 1 N–H and O–H groups in total. The lowest BCUT2D eigenvalue weighted by atomic mass is 10.0. The number of sulfone groups is 1. The third-order valence-electron chi connectivity index (χ3n) is 4.02. The standard InChI is InChI=1S/C16H27NO2S2/c1-5-12-21(18,19)15-11-9-8-10-14(15)17-13-16(6-2,7-3)20-4/h8-11,17H,5-7,12-13H2,1-4H3. The maximum Gasteiger partial charge on any atom is 0.180 e. The average molecular weight is 330 g/mol. The number of benzene rings is 1. The van der Waals surface area contributed by atoms with Crippen molar-refractivity contribution in [3.05, 3.63) is 24.3 Å². The SMILES string of the molecule is CCCS(=O)(=O)c1ccccc1NCC(CC)(CC)SC. The maximum atomic E-state index is 12.3. The van der Waals surface area contributed by atoms with E-state index in [0.29, 0.717) is 11.3 Å². The molecule has 0 aliphatic carbocycles. The fourth-order valence-corrected chi connectivity index (χ4v) is 4.69. The van der Waals surface area contributed by atoms with E-state index in [1.807, 2.05) is 30.8 Å². The summed E-state index contributed by atoms with van der Waals surface area (Å²) in [7, 11) is -3.20. The van der Waals surface area contributed by atoms with Crippen LogP contribution in [0.25, 0.3) is 0 Å². The summed E-state index contributed by atoms with van der Waals surface area (Å²) in [6, 6.07) is 7.23. The molecule has 0 saturated heterocycles. The van der Waals surface area contributed by atoms with Crippen LogP contribution in [0.5, 0.6) is 0 Å². The highest BCUT2D eigenvalue weighted by Crippen LogP contribution is 2.32. The second-order valence-corrected chi connectivity index (χ2v) is 8.61. The predicted octanol–water partition coefficient (Wildman–Crippen LogP) is 4.20. The van der Waals surface area contributed by atoms with Crippen molar-refractivity contribution in [3.63, 3.8) is 0 Å². The summed E-state index contributed by atoms with van der Waals surface area (Å²) < 4.78 is 24.8. The zero-order chi connectivity index (χ0) is 15.9. The topological polar surface area (TPSA) is 46.2 Å². The summed E-state index contributed by atoms with van der Waals surface area (Å²) in [5.41, 5.74) is 0.728. The first-order chi connectivity index (χ1) is 9.94. The van der Waals surface area contributed by atoms with Gasteiger partial charge in [0, 0.05) is 11.3 Å². The Labute approximate surface area is 133 Å². The highest BCUT2D eigenvalue weighted by molar-refractivity contribution is 8.00. The van der Waals surface area contributed by atoms with Gasteiger partial charge in [0.15, 0.2) is 9.84 Å². The smallest absolute Gasteiger partial charge is 0.180 e. The lowest BCUT2D eigenvalue weighted by Gasteiger charge is -2.30. The van der Waals surface area contributed by atoms with Crippen LogP contribution in [0.4, 0.5) is 5.69 Å². The van der Waals surface area contributed by atoms with Crippen molar-refractivity contribution < 1.29 is 8.42 Å². The summed E-state index contributed by atoms with van der Waals surface area (Å²) >= 11 is 1.85. The number of para-hydroxylation sites is 1. The van der Waals surface area contributed by atoms with E-state index in [0.717, 1.165) is 25.1 Å². The van der Waals surface area contributed by atoms with Gasteiger partial charge in [-0.2, -0.15) is 11.8 Å². The molecule has 0 radical (unpaired) electrons. The van der Waals surface area contributed by atoms with Crippen LogP contribution in [-0.2, 0) is 9.84 Å². The molecule has 1 aromatic carbocycles. The van der Waals surface area contributed by atoms with Crippen molar-refractivity contribution >= 4 is 27.3 Å². The molecule has 0 atom stereocenters. The van der Waals surface area contributed by atoms with Crippen molar-refractivity contribution in [1.82, 2.24) is 0 Å². The summed E-state index contributed by atoms with van der Waals surface area (Å²) in [6.07, 6.45) is 4.87. The lowest BCUT2D eigenvalue weighted by Crippen LogP contribution is -2.32. The third-order valence-corrected chi connectivity index (χ3v) is 7.58. The summed E-state index contributed by atoms with van der Waals surface area (Å²) in [4.78, 5) is 0.425. The number of hydrogen-bond donors (Lipinski definition) is 1. The van der Waals surface area contributed by atoms with E-state index >= 15 is 0 Å². The first-order valence-corrected chi connectivity index (χ1v) is 10.4. The molecule has 1 aromatic rings. The van der Waals surface area contributed by atoms with E-state index in [4.69, 9.17) is 0 Å². The summed E-state index contributed by atoms with van der Waals surface area (Å²) in [6.45, 7) is 7.03. The Morgan fingerprint density at radius 2 is 1.76 bits per heavy atom. The Morgan fingerprint density at radius 1 is 1.14 bits per heavy atom. The van der Waals surface area contributed by atoms with Gasteiger partial charge in [-0.3, -0.25) is 0 Å². The molecule has 0 heterocycles. The molecule has 0 amide bonds. The van der Waals surface area contributed by atoms with Gasteiger partial charge in [0.1, 0.15) is 0 Å². The lowest BCUT2D eigenvalue weighted by molar-refractivity contribution is 0.573. The van der Waals surface area contributed by atoms with E-state index in [9.17, 15) is 8.42 Å². The van der Waals surface area contributed by atoms with Gasteiger partial charge in [-0.25, -0.2) is 8.42 Å². The fourth-order valence-electron chi connectivity index (χ4n) is 2.38. The fraction of sp³-hybridized carbons (Fsp3) is 0.625. The molecule has 3 nitrogen and oxygen atoms in total. The van der Waals surface area contributed by atoms with Crippen LogP contribution in [0.2, 0.25) is 0 Å². The van der Waals surface area contributed by atoms with Crippen LogP contribution in [0.1, 0.15) is 40.0 Å². The average Bonchev–Trinajstić information content (AvgIpc) is 2.49. The van der Waals surface area contributed by atoms with Crippen LogP contribution in [0.15, 0.2) is 29.2 Å². The largest absolute Gasteiger partial charge is 0.383 e. The Kier molecular flexibility index (Phi) is 7.07. The molecule has 1 rings (SSSR count).